The van der Waals surface area contributed by atoms with Crippen LogP contribution in [0.4, 0.5) is 5.69 Å². The fourth-order valence-electron chi connectivity index (χ4n) is 0.605. The van der Waals surface area contributed by atoms with E-state index in [9.17, 15) is 0 Å². The highest BCUT2D eigenvalue weighted by molar-refractivity contribution is 5.54. The van der Waals surface area contributed by atoms with E-state index in [0.717, 1.165) is 0 Å². The summed E-state index contributed by atoms with van der Waals surface area (Å²) >= 11 is 0. The molecule has 0 aliphatic carbocycles. The van der Waals surface area contributed by atoms with Gasteiger partial charge in [-0.3, -0.25) is 4.98 Å². The zero-order valence-electron chi connectivity index (χ0n) is 5.70. The number of aromatic nitrogens is 1. The number of anilines is 1. The number of hydrogen-bond donors (Lipinski definition) is 1. The van der Waals surface area contributed by atoms with Crippen molar-refractivity contribution in [3.8, 4) is 17.9 Å². The minimum absolute atomic E-state index is 0.544. The predicted molar refractivity (Wildman–Crippen MR) is 41.1 cm³/mol. The van der Waals surface area contributed by atoms with Crippen molar-refractivity contribution in [2.75, 3.05) is 5.73 Å². The lowest BCUT2D eigenvalue weighted by atomic mass is 10.2. The molecule has 3 nitrogen and oxygen atoms in total. The van der Waals surface area contributed by atoms with Crippen molar-refractivity contribution in [1.82, 2.24) is 4.98 Å². The Kier molecular flexibility index (Phi) is 2.09. The molecule has 0 fully saturated rings. The molecule has 0 aliphatic rings. The second-order valence-electron chi connectivity index (χ2n) is 1.82. The summed E-state index contributed by atoms with van der Waals surface area (Å²) in [5.74, 6) is 4.80. The Morgan fingerprint density at radius 2 is 2.36 bits per heavy atom. The predicted octanol–water partition coefficient (Wildman–Crippen LogP) is 0.539. The van der Waals surface area contributed by atoms with E-state index in [4.69, 9.17) is 11.0 Å². The quantitative estimate of drug-likeness (QED) is 0.539. The molecule has 2 N–H and O–H groups in total. The lowest BCUT2D eigenvalue weighted by Crippen LogP contribution is -1.89. The van der Waals surface area contributed by atoms with E-state index < -0.39 is 0 Å². The number of hydrogen-bond acceptors (Lipinski definition) is 3. The molecule has 1 heterocycles. The van der Waals surface area contributed by atoms with Crippen LogP contribution in [-0.2, 0) is 0 Å². The molecule has 1 rings (SSSR count). The Morgan fingerprint density at radius 1 is 1.55 bits per heavy atom. The number of nitrogens with zero attached hydrogens (tertiary/aromatic N) is 2. The Hall–Kier alpha value is -2.00. The zero-order chi connectivity index (χ0) is 8.10. The maximum absolute atomic E-state index is 8.13. The first kappa shape index (κ1) is 7.11. The van der Waals surface area contributed by atoms with Crippen LogP contribution in [-0.4, -0.2) is 4.98 Å². The second-order valence-corrected chi connectivity index (χ2v) is 1.82. The van der Waals surface area contributed by atoms with Gasteiger partial charge in [0.05, 0.1) is 11.3 Å². The molecule has 0 spiro atoms. The van der Waals surface area contributed by atoms with Gasteiger partial charge in [0.25, 0.3) is 0 Å². The van der Waals surface area contributed by atoms with Crippen LogP contribution in [0.5, 0.6) is 0 Å². The molecule has 1 aromatic rings. The molecule has 11 heavy (non-hydrogen) atoms. The van der Waals surface area contributed by atoms with Crippen LogP contribution in [0.2, 0.25) is 0 Å². The Bertz CT molecular complexity index is 352. The lowest BCUT2D eigenvalue weighted by Gasteiger charge is -1.92. The summed E-state index contributed by atoms with van der Waals surface area (Å²) in [4.78, 5) is 3.81. The van der Waals surface area contributed by atoms with Gasteiger partial charge in [0.1, 0.15) is 0 Å². The average molecular weight is 143 g/mol. The average Bonchev–Trinajstić information content (AvgIpc) is 2.03. The van der Waals surface area contributed by atoms with Gasteiger partial charge in [0, 0.05) is 18.3 Å². The Balaban J connectivity index is 3.07. The highest BCUT2D eigenvalue weighted by atomic mass is 14.7. The van der Waals surface area contributed by atoms with Crippen LogP contribution in [0.25, 0.3) is 0 Å². The number of nitrogens with two attached hydrogens (primary N) is 1. The van der Waals surface area contributed by atoms with Crippen LogP contribution in [0.15, 0.2) is 18.5 Å². The van der Waals surface area contributed by atoms with Crippen LogP contribution < -0.4 is 5.73 Å². The van der Waals surface area contributed by atoms with Crippen molar-refractivity contribution in [2.24, 2.45) is 0 Å². The molecule has 0 aliphatic heterocycles. The third-order valence-corrected chi connectivity index (χ3v) is 1.11. The van der Waals surface area contributed by atoms with Gasteiger partial charge in [0.15, 0.2) is 6.07 Å². The fourth-order valence-corrected chi connectivity index (χ4v) is 0.605. The highest BCUT2D eigenvalue weighted by Gasteiger charge is 1.90. The second kappa shape index (κ2) is 3.24. The van der Waals surface area contributed by atoms with Gasteiger partial charge in [0.2, 0.25) is 0 Å². The molecule has 0 radical (unpaired) electrons. The summed E-state index contributed by atoms with van der Waals surface area (Å²) in [5.41, 5.74) is 6.65. The maximum atomic E-state index is 8.13. The van der Waals surface area contributed by atoms with Crippen molar-refractivity contribution in [3.05, 3.63) is 24.0 Å². The van der Waals surface area contributed by atoms with Gasteiger partial charge in [-0.15, -0.1) is 0 Å². The van der Waals surface area contributed by atoms with Gasteiger partial charge < -0.3 is 5.73 Å². The molecule has 0 bridgehead atoms. The van der Waals surface area contributed by atoms with E-state index in [0.29, 0.717) is 11.3 Å². The SMILES string of the molecule is N#CC#Cc1cnccc1N. The molecular formula is C8H5N3. The van der Waals surface area contributed by atoms with Crippen molar-refractivity contribution >= 4 is 5.69 Å². The molecule has 0 aromatic carbocycles. The normalized spacial score (nSPS) is 7.55. The summed E-state index contributed by atoms with van der Waals surface area (Å²) in [6.45, 7) is 0. The smallest absolute Gasteiger partial charge is 0.152 e. The van der Waals surface area contributed by atoms with Crippen LogP contribution in [0.3, 0.4) is 0 Å². The molecule has 0 saturated heterocycles. The van der Waals surface area contributed by atoms with E-state index >= 15 is 0 Å². The Labute approximate surface area is 64.5 Å². The first-order valence-electron chi connectivity index (χ1n) is 2.94. The first-order chi connectivity index (χ1) is 5.34. The molecular weight excluding hydrogens is 138 g/mol. The monoisotopic (exact) mass is 143 g/mol. The standard InChI is InChI=1S/C8H5N3/c9-4-1-2-7-6-11-5-3-8(7)10/h3,5-6H,(H2,10,11). The van der Waals surface area contributed by atoms with Crippen LogP contribution in [0.1, 0.15) is 5.56 Å². The van der Waals surface area contributed by atoms with E-state index in [1.165, 1.54) is 6.20 Å². The third kappa shape index (κ3) is 1.70. The first-order valence-corrected chi connectivity index (χ1v) is 2.94. The molecule has 0 amide bonds. The summed E-state index contributed by atoms with van der Waals surface area (Å²) < 4.78 is 0. The molecule has 3 heteroatoms. The fraction of sp³-hybridized carbons (Fsp3) is 0. The molecule has 0 saturated carbocycles. The maximum Gasteiger partial charge on any atom is 0.152 e. The topological polar surface area (TPSA) is 62.7 Å². The van der Waals surface area contributed by atoms with Crippen LogP contribution in [0, 0.1) is 23.2 Å². The van der Waals surface area contributed by atoms with E-state index in [1.807, 2.05) is 0 Å². The minimum Gasteiger partial charge on any atom is -0.398 e. The Morgan fingerprint density at radius 3 is 3.00 bits per heavy atom. The zero-order valence-corrected chi connectivity index (χ0v) is 5.70. The van der Waals surface area contributed by atoms with Gasteiger partial charge in [-0.1, -0.05) is 0 Å². The van der Waals surface area contributed by atoms with Gasteiger partial charge >= 0.3 is 0 Å². The van der Waals surface area contributed by atoms with Crippen molar-refractivity contribution in [2.45, 2.75) is 0 Å². The largest absolute Gasteiger partial charge is 0.398 e. The number of pyridine rings is 1. The number of rotatable bonds is 0. The van der Waals surface area contributed by atoms with Crippen molar-refractivity contribution in [1.29, 1.82) is 5.26 Å². The van der Waals surface area contributed by atoms with Crippen molar-refractivity contribution < 1.29 is 0 Å². The van der Waals surface area contributed by atoms with Gasteiger partial charge in [-0.05, 0) is 12.0 Å². The molecule has 1 aromatic heterocycles. The number of nitrogen functional groups attached to an aromatic ring is 1. The van der Waals surface area contributed by atoms with Crippen LogP contribution >= 0.6 is 0 Å². The summed E-state index contributed by atoms with van der Waals surface area (Å²) in [5, 5.41) is 8.13. The molecule has 52 valence electrons. The molecule has 0 atom stereocenters. The van der Waals surface area contributed by atoms with Gasteiger partial charge in [-0.25, -0.2) is 0 Å². The molecule has 0 unspecified atom stereocenters. The highest BCUT2D eigenvalue weighted by Crippen LogP contribution is 2.05. The summed E-state index contributed by atoms with van der Waals surface area (Å²) in [6, 6.07) is 3.34. The third-order valence-electron chi connectivity index (χ3n) is 1.11. The minimum atomic E-state index is 0.544. The van der Waals surface area contributed by atoms with E-state index in [1.54, 1.807) is 18.3 Å². The van der Waals surface area contributed by atoms with E-state index in [2.05, 4.69) is 16.8 Å². The summed E-state index contributed by atoms with van der Waals surface area (Å²) in [7, 11) is 0. The number of nitriles is 1. The van der Waals surface area contributed by atoms with Gasteiger partial charge in [-0.2, -0.15) is 5.26 Å². The van der Waals surface area contributed by atoms with Crippen molar-refractivity contribution in [3.63, 3.8) is 0 Å². The van der Waals surface area contributed by atoms with E-state index in [-0.39, 0.29) is 0 Å². The lowest BCUT2D eigenvalue weighted by molar-refractivity contribution is 1.32. The summed E-state index contributed by atoms with van der Waals surface area (Å²) in [6.07, 6.45) is 3.10.